The standard InChI is InChI=1S/C26H26N4O4/c27-25(28)20-5-3-18(4-6-20)19-7-9-23(10-8-19)33-16-22-12-21(26(32)30-22)13-24(31)34-15-17-2-1-11-29-14-17/h1-11,14,21-22H,12-13,15-16H2,(H3,27,28)(H,30,32)/t21-,22-/m0/s1. The number of nitrogens with zero attached hydrogens (tertiary/aromatic N) is 1. The maximum Gasteiger partial charge on any atom is 0.306 e. The number of nitrogen functional groups attached to an aromatic ring is 1. The van der Waals surface area contributed by atoms with Gasteiger partial charge in [0, 0.05) is 23.5 Å². The van der Waals surface area contributed by atoms with Gasteiger partial charge in [-0.25, -0.2) is 0 Å². The van der Waals surface area contributed by atoms with Crippen LogP contribution >= 0.6 is 0 Å². The lowest BCUT2D eigenvalue weighted by Crippen LogP contribution is -2.31. The van der Waals surface area contributed by atoms with Gasteiger partial charge >= 0.3 is 5.97 Å². The monoisotopic (exact) mass is 458 g/mol. The third kappa shape index (κ3) is 5.98. The smallest absolute Gasteiger partial charge is 0.306 e. The highest BCUT2D eigenvalue weighted by molar-refractivity contribution is 5.95. The summed E-state index contributed by atoms with van der Waals surface area (Å²) in [5.74, 6) is -0.250. The quantitative estimate of drug-likeness (QED) is 0.257. The van der Waals surface area contributed by atoms with Gasteiger partial charge in [0.1, 0.15) is 24.8 Å². The maximum absolute atomic E-state index is 12.3. The first-order valence-electron chi connectivity index (χ1n) is 11.0. The summed E-state index contributed by atoms with van der Waals surface area (Å²) >= 11 is 0. The van der Waals surface area contributed by atoms with E-state index in [1.165, 1.54) is 0 Å². The third-order valence-corrected chi connectivity index (χ3v) is 5.66. The molecule has 2 aromatic carbocycles. The van der Waals surface area contributed by atoms with Gasteiger partial charge in [-0.15, -0.1) is 0 Å². The van der Waals surface area contributed by atoms with Gasteiger partial charge in [0.25, 0.3) is 0 Å². The Labute approximate surface area is 197 Å². The number of amides is 1. The number of pyridine rings is 1. The molecule has 1 saturated heterocycles. The fourth-order valence-electron chi connectivity index (χ4n) is 3.80. The Morgan fingerprint density at radius 3 is 2.44 bits per heavy atom. The lowest BCUT2D eigenvalue weighted by atomic mass is 10.0. The first-order valence-corrected chi connectivity index (χ1v) is 11.0. The molecule has 0 spiro atoms. The van der Waals surface area contributed by atoms with Crippen LogP contribution in [0.1, 0.15) is 24.0 Å². The van der Waals surface area contributed by atoms with Gasteiger partial charge in [0.2, 0.25) is 5.91 Å². The van der Waals surface area contributed by atoms with Crippen molar-refractivity contribution in [1.82, 2.24) is 10.3 Å². The van der Waals surface area contributed by atoms with Gasteiger partial charge in [-0.1, -0.05) is 42.5 Å². The molecule has 0 radical (unpaired) electrons. The Hall–Kier alpha value is -4.20. The van der Waals surface area contributed by atoms with Crippen LogP contribution in [0.2, 0.25) is 0 Å². The number of carbonyl (C=O) groups excluding carboxylic acids is 2. The fraction of sp³-hybridized carbons (Fsp3) is 0.231. The lowest BCUT2D eigenvalue weighted by molar-refractivity contribution is -0.147. The molecule has 0 saturated carbocycles. The minimum absolute atomic E-state index is 0.0400. The van der Waals surface area contributed by atoms with Gasteiger partial charge in [-0.2, -0.15) is 0 Å². The normalized spacial score (nSPS) is 17.1. The van der Waals surface area contributed by atoms with Gasteiger partial charge < -0.3 is 20.5 Å². The molecule has 2 heterocycles. The van der Waals surface area contributed by atoms with Crippen molar-refractivity contribution in [2.75, 3.05) is 6.61 Å². The summed E-state index contributed by atoms with van der Waals surface area (Å²) in [6.45, 7) is 0.462. The van der Waals surface area contributed by atoms with E-state index in [4.69, 9.17) is 20.6 Å². The molecule has 4 rings (SSSR count). The fourth-order valence-corrected chi connectivity index (χ4v) is 3.80. The Bertz CT molecular complexity index is 1150. The second-order valence-electron chi connectivity index (χ2n) is 8.19. The van der Waals surface area contributed by atoms with Crippen molar-refractivity contribution in [3.63, 3.8) is 0 Å². The van der Waals surface area contributed by atoms with Crippen LogP contribution < -0.4 is 15.8 Å². The molecule has 8 heteroatoms. The predicted molar refractivity (Wildman–Crippen MR) is 127 cm³/mol. The molecule has 4 N–H and O–H groups in total. The van der Waals surface area contributed by atoms with E-state index in [2.05, 4.69) is 10.3 Å². The van der Waals surface area contributed by atoms with Crippen molar-refractivity contribution in [3.8, 4) is 16.9 Å². The van der Waals surface area contributed by atoms with Crippen LogP contribution in [0.5, 0.6) is 5.75 Å². The zero-order valence-electron chi connectivity index (χ0n) is 18.6. The van der Waals surface area contributed by atoms with Crippen molar-refractivity contribution >= 4 is 17.7 Å². The summed E-state index contributed by atoms with van der Waals surface area (Å²) in [5, 5.41) is 10.4. The van der Waals surface area contributed by atoms with Crippen LogP contribution in [0, 0.1) is 11.3 Å². The number of benzene rings is 2. The van der Waals surface area contributed by atoms with E-state index in [0.717, 1.165) is 16.7 Å². The molecule has 0 unspecified atom stereocenters. The Balaban J connectivity index is 1.23. The lowest BCUT2D eigenvalue weighted by Gasteiger charge is -2.12. The average Bonchev–Trinajstić information content (AvgIpc) is 3.21. The first kappa shape index (κ1) is 23.0. The van der Waals surface area contributed by atoms with Gasteiger partial charge in [-0.3, -0.25) is 20.0 Å². The summed E-state index contributed by atoms with van der Waals surface area (Å²) in [6.07, 6.45) is 3.85. The van der Waals surface area contributed by atoms with Crippen molar-refractivity contribution in [2.24, 2.45) is 11.7 Å². The summed E-state index contributed by atoms with van der Waals surface area (Å²) < 4.78 is 11.1. The molecule has 1 aliphatic rings. The molecule has 0 aliphatic carbocycles. The van der Waals surface area contributed by atoms with Crippen LogP contribution in [0.25, 0.3) is 11.1 Å². The summed E-state index contributed by atoms with van der Waals surface area (Å²) in [4.78, 5) is 28.4. The van der Waals surface area contributed by atoms with Crippen molar-refractivity contribution in [1.29, 1.82) is 5.41 Å². The molecule has 8 nitrogen and oxygen atoms in total. The number of rotatable bonds is 9. The second kappa shape index (κ2) is 10.6. The largest absolute Gasteiger partial charge is 0.491 e. The number of amidine groups is 1. The first-order chi connectivity index (χ1) is 16.5. The Morgan fingerprint density at radius 1 is 1.09 bits per heavy atom. The predicted octanol–water partition coefficient (Wildman–Crippen LogP) is 3.05. The SMILES string of the molecule is N=C(N)c1ccc(-c2ccc(OC[C@@H]3C[C@@H](CC(=O)OCc4cccnc4)C(=O)N3)cc2)cc1. The van der Waals surface area contributed by atoms with Gasteiger partial charge in [-0.05, 0) is 35.7 Å². The van der Waals surface area contributed by atoms with E-state index in [1.54, 1.807) is 18.5 Å². The number of nitrogens with one attached hydrogen (secondary N) is 2. The van der Waals surface area contributed by atoms with E-state index in [1.807, 2.05) is 54.6 Å². The van der Waals surface area contributed by atoms with Crippen LogP contribution in [0.3, 0.4) is 0 Å². The van der Waals surface area contributed by atoms with E-state index in [-0.39, 0.29) is 30.8 Å². The summed E-state index contributed by atoms with van der Waals surface area (Å²) in [7, 11) is 0. The van der Waals surface area contributed by atoms with Gasteiger partial charge in [0.15, 0.2) is 0 Å². The molecule has 1 aromatic heterocycles. The molecule has 0 bridgehead atoms. The number of esters is 1. The number of hydrogen-bond donors (Lipinski definition) is 3. The molecule has 1 aliphatic heterocycles. The zero-order valence-corrected chi connectivity index (χ0v) is 18.6. The van der Waals surface area contributed by atoms with Crippen molar-refractivity contribution in [3.05, 3.63) is 84.2 Å². The third-order valence-electron chi connectivity index (χ3n) is 5.66. The molecular weight excluding hydrogens is 432 g/mol. The van der Waals surface area contributed by atoms with E-state index in [0.29, 0.717) is 24.3 Å². The number of nitrogens with two attached hydrogens (primary N) is 1. The molecule has 34 heavy (non-hydrogen) atoms. The molecule has 1 amide bonds. The highest BCUT2D eigenvalue weighted by atomic mass is 16.5. The van der Waals surface area contributed by atoms with Gasteiger partial charge in [0.05, 0.1) is 18.4 Å². The van der Waals surface area contributed by atoms with Crippen molar-refractivity contribution < 1.29 is 19.1 Å². The molecule has 174 valence electrons. The second-order valence-corrected chi connectivity index (χ2v) is 8.19. The minimum atomic E-state index is -0.421. The summed E-state index contributed by atoms with van der Waals surface area (Å²) in [6, 6.07) is 18.6. The van der Waals surface area contributed by atoms with Crippen molar-refractivity contribution in [2.45, 2.75) is 25.5 Å². The number of hydrogen-bond acceptors (Lipinski definition) is 6. The van der Waals surface area contributed by atoms with E-state index < -0.39 is 11.9 Å². The number of ether oxygens (including phenoxy) is 2. The van der Waals surface area contributed by atoms with E-state index in [9.17, 15) is 9.59 Å². The molecule has 2 atom stereocenters. The van der Waals surface area contributed by atoms with E-state index >= 15 is 0 Å². The topological polar surface area (TPSA) is 127 Å². The highest BCUT2D eigenvalue weighted by Crippen LogP contribution is 2.24. The average molecular weight is 459 g/mol. The van der Waals surface area contributed by atoms with Crippen LogP contribution in [-0.2, 0) is 20.9 Å². The molecule has 1 fully saturated rings. The van der Waals surface area contributed by atoms with Crippen LogP contribution in [-0.4, -0.2) is 35.3 Å². The molecular formula is C26H26N4O4. The Kier molecular flexibility index (Phi) is 7.17. The summed E-state index contributed by atoms with van der Waals surface area (Å²) in [5.41, 5.74) is 9.01. The highest BCUT2D eigenvalue weighted by Gasteiger charge is 2.34. The van der Waals surface area contributed by atoms with Crippen LogP contribution in [0.15, 0.2) is 73.1 Å². The Morgan fingerprint density at radius 2 is 1.79 bits per heavy atom. The zero-order chi connectivity index (χ0) is 23.9. The van der Waals surface area contributed by atoms with Crippen LogP contribution in [0.4, 0.5) is 0 Å². The minimum Gasteiger partial charge on any atom is -0.491 e. The number of aromatic nitrogens is 1. The molecule has 3 aromatic rings. The maximum atomic E-state index is 12.3. The number of carbonyl (C=O) groups is 2.